The molecule has 0 saturated heterocycles. The Morgan fingerprint density at radius 1 is 1.24 bits per heavy atom. The number of hydrogen-bond acceptors (Lipinski definition) is 3. The number of nitrogens with zero attached hydrogens (tertiary/aromatic N) is 2. The molecule has 2 aromatic heterocycles. The third-order valence-electron chi connectivity index (χ3n) is 4.14. The second kappa shape index (κ2) is 7.07. The average Bonchev–Trinajstić information content (AvgIpc) is 2.61. The highest BCUT2D eigenvalue weighted by atomic mass is 35.5. The van der Waals surface area contributed by atoms with Crippen molar-refractivity contribution >= 4 is 28.8 Å². The first-order valence-electron chi connectivity index (χ1n) is 8.05. The first kappa shape index (κ1) is 17.2. The molecule has 1 N–H and O–H groups in total. The summed E-state index contributed by atoms with van der Waals surface area (Å²) in [6, 6.07) is 12.8. The van der Waals surface area contributed by atoms with Crippen LogP contribution in [0, 0.1) is 6.92 Å². The summed E-state index contributed by atoms with van der Waals surface area (Å²) in [5.41, 5.74) is 1.71. The molecule has 1 atom stereocenters. The maximum absolute atomic E-state index is 12.7. The molecule has 2 heterocycles. The molecular formula is C19H18ClN3O2. The van der Waals surface area contributed by atoms with E-state index < -0.39 is 0 Å². The molecule has 0 bridgehead atoms. The second-order valence-electron chi connectivity index (χ2n) is 5.81. The van der Waals surface area contributed by atoms with Gasteiger partial charge in [0.05, 0.1) is 16.6 Å². The van der Waals surface area contributed by atoms with E-state index in [9.17, 15) is 9.59 Å². The number of anilines is 1. The van der Waals surface area contributed by atoms with Gasteiger partial charge in [0, 0.05) is 6.20 Å². The predicted octanol–water partition coefficient (Wildman–Crippen LogP) is 3.79. The first-order chi connectivity index (χ1) is 12.0. The van der Waals surface area contributed by atoms with Crippen LogP contribution >= 0.6 is 11.6 Å². The summed E-state index contributed by atoms with van der Waals surface area (Å²) in [6.45, 7) is 3.64. The van der Waals surface area contributed by atoms with Crippen LogP contribution in [0.25, 0.3) is 5.65 Å². The van der Waals surface area contributed by atoms with Gasteiger partial charge in [0.25, 0.3) is 5.56 Å². The molecule has 25 heavy (non-hydrogen) atoms. The summed E-state index contributed by atoms with van der Waals surface area (Å²) in [6.07, 6.45) is 2.12. The molecule has 5 nitrogen and oxygen atoms in total. The second-order valence-corrected chi connectivity index (χ2v) is 6.25. The smallest absolute Gasteiger partial charge is 0.281 e. The Bertz CT molecular complexity index is 983. The third-order valence-corrected chi connectivity index (χ3v) is 4.37. The maximum atomic E-state index is 12.7. The van der Waals surface area contributed by atoms with Crippen molar-refractivity contribution in [2.75, 3.05) is 5.32 Å². The normalized spacial score (nSPS) is 12.1. The number of amides is 1. The first-order valence-corrected chi connectivity index (χ1v) is 8.43. The van der Waals surface area contributed by atoms with E-state index in [0.717, 1.165) is 5.56 Å². The molecule has 0 radical (unpaired) electrons. The van der Waals surface area contributed by atoms with Crippen molar-refractivity contribution in [1.29, 1.82) is 0 Å². The van der Waals surface area contributed by atoms with Crippen molar-refractivity contribution in [3.05, 3.63) is 75.3 Å². The Kier molecular flexibility index (Phi) is 4.86. The fraction of sp³-hybridized carbons (Fsp3) is 0.211. The highest BCUT2D eigenvalue weighted by Gasteiger charge is 2.21. The van der Waals surface area contributed by atoms with Crippen LogP contribution in [0.4, 0.5) is 5.69 Å². The summed E-state index contributed by atoms with van der Waals surface area (Å²) < 4.78 is 1.34. The Morgan fingerprint density at radius 2 is 1.96 bits per heavy atom. The minimum Gasteiger partial charge on any atom is -0.319 e. The lowest BCUT2D eigenvalue weighted by Crippen LogP contribution is -2.28. The number of carbonyl (C=O) groups is 1. The minimum atomic E-state index is -0.346. The number of fused-ring (bicyclic) bond motifs is 1. The van der Waals surface area contributed by atoms with Gasteiger partial charge in [0.15, 0.2) is 0 Å². The van der Waals surface area contributed by atoms with Crippen molar-refractivity contribution in [3.63, 3.8) is 0 Å². The van der Waals surface area contributed by atoms with Gasteiger partial charge in [0.1, 0.15) is 11.3 Å². The predicted molar refractivity (Wildman–Crippen MR) is 99.3 cm³/mol. The summed E-state index contributed by atoms with van der Waals surface area (Å²) >= 11 is 5.97. The van der Waals surface area contributed by atoms with Crippen molar-refractivity contribution in [2.24, 2.45) is 0 Å². The van der Waals surface area contributed by atoms with E-state index in [1.165, 1.54) is 10.6 Å². The van der Waals surface area contributed by atoms with E-state index in [1.54, 1.807) is 19.1 Å². The van der Waals surface area contributed by atoms with Crippen molar-refractivity contribution in [3.8, 4) is 0 Å². The molecular weight excluding hydrogens is 338 g/mol. The van der Waals surface area contributed by atoms with Gasteiger partial charge in [-0.3, -0.25) is 14.0 Å². The highest BCUT2D eigenvalue weighted by Crippen LogP contribution is 2.21. The standard InChI is InChI=1S/C19H18ClN3O2/c1-3-15(13-7-5-4-6-8-13)18(24)22-17-12(2)21-16-10-9-14(20)11-23(16)19(17)25/h4-11,15H,3H2,1-2H3,(H,22,24). The number of carbonyl (C=O) groups excluding carboxylic acids is 1. The fourth-order valence-electron chi connectivity index (χ4n) is 2.84. The Morgan fingerprint density at radius 3 is 2.64 bits per heavy atom. The number of pyridine rings is 1. The lowest BCUT2D eigenvalue weighted by Gasteiger charge is -2.16. The lowest BCUT2D eigenvalue weighted by molar-refractivity contribution is -0.117. The van der Waals surface area contributed by atoms with E-state index in [-0.39, 0.29) is 23.1 Å². The summed E-state index contributed by atoms with van der Waals surface area (Å²) in [5.74, 6) is -0.558. The minimum absolute atomic E-state index is 0.180. The molecule has 1 amide bonds. The lowest BCUT2D eigenvalue weighted by atomic mass is 9.95. The number of aromatic nitrogens is 2. The zero-order valence-electron chi connectivity index (χ0n) is 14.0. The number of hydrogen-bond donors (Lipinski definition) is 1. The van der Waals surface area contributed by atoms with Gasteiger partial charge < -0.3 is 5.32 Å². The van der Waals surface area contributed by atoms with Crippen LogP contribution in [0.3, 0.4) is 0 Å². The molecule has 0 aliphatic rings. The van der Waals surface area contributed by atoms with E-state index in [1.807, 2.05) is 37.3 Å². The molecule has 1 unspecified atom stereocenters. The van der Waals surface area contributed by atoms with Crippen LogP contribution in [-0.4, -0.2) is 15.3 Å². The quantitative estimate of drug-likeness (QED) is 0.774. The van der Waals surface area contributed by atoms with Gasteiger partial charge in [-0.2, -0.15) is 0 Å². The number of rotatable bonds is 4. The summed E-state index contributed by atoms with van der Waals surface area (Å²) in [5, 5.41) is 3.19. The van der Waals surface area contributed by atoms with Crippen LogP contribution in [0.2, 0.25) is 5.02 Å². The zero-order chi connectivity index (χ0) is 18.0. The molecule has 6 heteroatoms. The monoisotopic (exact) mass is 355 g/mol. The van der Waals surface area contributed by atoms with E-state index in [2.05, 4.69) is 10.3 Å². The SMILES string of the molecule is CCC(C(=O)Nc1c(C)nc2ccc(Cl)cn2c1=O)c1ccccc1. The van der Waals surface area contributed by atoms with Crippen LogP contribution in [0.1, 0.15) is 30.5 Å². The highest BCUT2D eigenvalue weighted by molar-refractivity contribution is 6.30. The largest absolute Gasteiger partial charge is 0.319 e. The molecule has 3 aromatic rings. The maximum Gasteiger partial charge on any atom is 0.281 e. The van der Waals surface area contributed by atoms with Gasteiger partial charge in [-0.05, 0) is 31.0 Å². The number of halogens is 1. The Balaban J connectivity index is 1.99. The molecule has 0 fully saturated rings. The molecule has 0 aliphatic carbocycles. The van der Waals surface area contributed by atoms with Gasteiger partial charge >= 0.3 is 0 Å². The molecule has 0 spiro atoms. The van der Waals surface area contributed by atoms with E-state index in [0.29, 0.717) is 22.8 Å². The third kappa shape index (κ3) is 3.42. The van der Waals surface area contributed by atoms with Crippen LogP contribution in [-0.2, 0) is 4.79 Å². The zero-order valence-corrected chi connectivity index (χ0v) is 14.7. The van der Waals surface area contributed by atoms with Crippen LogP contribution in [0.5, 0.6) is 0 Å². The van der Waals surface area contributed by atoms with E-state index in [4.69, 9.17) is 11.6 Å². The topological polar surface area (TPSA) is 63.5 Å². The molecule has 1 aromatic carbocycles. The molecule has 0 aliphatic heterocycles. The van der Waals surface area contributed by atoms with Gasteiger partial charge in [-0.15, -0.1) is 0 Å². The average molecular weight is 356 g/mol. The Hall–Kier alpha value is -2.66. The van der Waals surface area contributed by atoms with Gasteiger partial charge in [-0.25, -0.2) is 4.98 Å². The number of aryl methyl sites for hydroxylation is 1. The molecule has 128 valence electrons. The van der Waals surface area contributed by atoms with Crippen LogP contribution < -0.4 is 10.9 Å². The van der Waals surface area contributed by atoms with Crippen LogP contribution in [0.15, 0.2) is 53.5 Å². The van der Waals surface area contributed by atoms with Gasteiger partial charge in [-0.1, -0.05) is 48.9 Å². The summed E-state index contributed by atoms with van der Waals surface area (Å²) in [4.78, 5) is 29.9. The molecule has 0 saturated carbocycles. The number of nitrogens with one attached hydrogen (secondary N) is 1. The summed E-state index contributed by atoms with van der Waals surface area (Å²) in [7, 11) is 0. The van der Waals surface area contributed by atoms with Crippen molar-refractivity contribution < 1.29 is 4.79 Å². The molecule has 3 rings (SSSR count). The Labute approximate surface area is 150 Å². The number of benzene rings is 1. The van der Waals surface area contributed by atoms with E-state index >= 15 is 0 Å². The van der Waals surface area contributed by atoms with Crippen molar-refractivity contribution in [1.82, 2.24) is 9.38 Å². The van der Waals surface area contributed by atoms with Crippen molar-refractivity contribution in [2.45, 2.75) is 26.2 Å². The van der Waals surface area contributed by atoms with Gasteiger partial charge in [0.2, 0.25) is 5.91 Å². The fourth-order valence-corrected chi connectivity index (χ4v) is 3.00.